The van der Waals surface area contributed by atoms with E-state index in [1.54, 1.807) is 25.1 Å². The molecule has 0 saturated carbocycles. The molecule has 24 heavy (non-hydrogen) atoms. The van der Waals surface area contributed by atoms with E-state index in [-0.39, 0.29) is 23.4 Å². The number of carbonyl (C=O) groups is 1. The lowest BCUT2D eigenvalue weighted by molar-refractivity contribution is -0.130. The minimum Gasteiger partial charge on any atom is -0.492 e. The number of hydrogen-bond acceptors (Lipinski definition) is 5. The Morgan fingerprint density at radius 1 is 1.46 bits per heavy atom. The fourth-order valence-electron chi connectivity index (χ4n) is 3.23. The molecule has 8 heteroatoms. The zero-order chi connectivity index (χ0) is 17.3. The highest BCUT2D eigenvalue weighted by atomic mass is 32.2. The second kappa shape index (κ2) is 6.43. The molecule has 1 aromatic carbocycles. The molecule has 7 nitrogen and oxygen atoms in total. The number of piperidine rings is 1. The van der Waals surface area contributed by atoms with E-state index in [1.165, 1.54) is 0 Å². The molecule has 1 saturated heterocycles. The Balaban J connectivity index is 1.74. The van der Waals surface area contributed by atoms with Crippen molar-refractivity contribution in [2.45, 2.75) is 25.5 Å². The van der Waals surface area contributed by atoms with Gasteiger partial charge in [0, 0.05) is 25.9 Å². The van der Waals surface area contributed by atoms with Crippen LogP contribution in [0.5, 0.6) is 5.75 Å². The van der Waals surface area contributed by atoms with Gasteiger partial charge in [-0.05, 0) is 24.5 Å². The van der Waals surface area contributed by atoms with Gasteiger partial charge in [-0.2, -0.15) is 0 Å². The Morgan fingerprint density at radius 3 is 3.00 bits per heavy atom. The maximum Gasteiger partial charge on any atom is 0.259 e. The van der Waals surface area contributed by atoms with Gasteiger partial charge < -0.3 is 15.4 Å². The molecule has 0 spiro atoms. The van der Waals surface area contributed by atoms with Crippen molar-refractivity contribution >= 4 is 21.8 Å². The van der Waals surface area contributed by atoms with Crippen molar-refractivity contribution in [2.75, 3.05) is 19.7 Å². The van der Waals surface area contributed by atoms with Crippen LogP contribution >= 0.6 is 0 Å². The maximum absolute atomic E-state index is 11.7. The third kappa shape index (κ3) is 3.53. The molecular weight excluding hydrogens is 330 g/mol. The van der Waals surface area contributed by atoms with Crippen molar-refractivity contribution in [3.63, 3.8) is 0 Å². The van der Waals surface area contributed by atoms with E-state index in [4.69, 9.17) is 10.5 Å². The molecule has 0 bridgehead atoms. The molecular formula is C16H21N3O4S. The highest BCUT2D eigenvalue weighted by Gasteiger charge is 2.26. The smallest absolute Gasteiger partial charge is 0.259 e. The number of fused-ring (bicyclic) bond motifs is 1. The lowest BCUT2D eigenvalue weighted by atomic mass is 9.99. The van der Waals surface area contributed by atoms with Gasteiger partial charge in [0.05, 0.1) is 17.9 Å². The number of ether oxygens (including phenoxy) is 1. The van der Waals surface area contributed by atoms with E-state index in [2.05, 4.69) is 4.40 Å². The number of sulfonamides is 1. The molecule has 0 aliphatic carbocycles. The van der Waals surface area contributed by atoms with E-state index in [9.17, 15) is 13.2 Å². The van der Waals surface area contributed by atoms with E-state index < -0.39 is 10.0 Å². The van der Waals surface area contributed by atoms with Gasteiger partial charge in [0.25, 0.3) is 10.0 Å². The summed E-state index contributed by atoms with van der Waals surface area (Å²) in [6.07, 6.45) is 1.96. The standard InChI is InChI=1S/C16H21N3O4S/c1-11(20)19-7-3-4-12(8-19)9-23-14-6-2-5-13-10-24(21,22)18-16(17)15(13)14/h2,5-6,12H,3-4,7-10H2,1H3,(H2,17,18). The molecule has 1 amide bonds. The van der Waals surface area contributed by atoms with Gasteiger partial charge in [-0.3, -0.25) is 4.79 Å². The van der Waals surface area contributed by atoms with E-state index in [0.717, 1.165) is 19.4 Å². The van der Waals surface area contributed by atoms with Crippen LogP contribution in [-0.2, 0) is 20.6 Å². The number of nitrogens with zero attached hydrogens (tertiary/aromatic N) is 2. The van der Waals surface area contributed by atoms with Crippen LogP contribution in [0.3, 0.4) is 0 Å². The van der Waals surface area contributed by atoms with Gasteiger partial charge in [-0.1, -0.05) is 12.1 Å². The number of amides is 1. The minimum atomic E-state index is -3.55. The Bertz CT molecular complexity index is 789. The van der Waals surface area contributed by atoms with Crippen molar-refractivity contribution in [1.82, 2.24) is 4.90 Å². The van der Waals surface area contributed by atoms with E-state index in [1.807, 2.05) is 4.90 Å². The largest absolute Gasteiger partial charge is 0.492 e. The van der Waals surface area contributed by atoms with E-state index in [0.29, 0.717) is 30.0 Å². The summed E-state index contributed by atoms with van der Waals surface area (Å²) in [4.78, 5) is 13.3. The van der Waals surface area contributed by atoms with Crippen LogP contribution in [0, 0.1) is 5.92 Å². The summed E-state index contributed by atoms with van der Waals surface area (Å²) in [7, 11) is -3.55. The first-order valence-corrected chi connectivity index (χ1v) is 9.55. The minimum absolute atomic E-state index is 0.0270. The fraction of sp³-hybridized carbons (Fsp3) is 0.500. The molecule has 2 aliphatic rings. The second-order valence-corrected chi connectivity index (χ2v) is 7.91. The summed E-state index contributed by atoms with van der Waals surface area (Å²) < 4.78 is 32.9. The highest BCUT2D eigenvalue weighted by molar-refractivity contribution is 7.89. The van der Waals surface area contributed by atoms with Crippen LogP contribution in [0.25, 0.3) is 0 Å². The Kier molecular flexibility index (Phi) is 4.49. The number of carbonyl (C=O) groups excluding carboxylic acids is 1. The average Bonchev–Trinajstić information content (AvgIpc) is 2.51. The topological polar surface area (TPSA) is 102 Å². The summed E-state index contributed by atoms with van der Waals surface area (Å²) >= 11 is 0. The first-order chi connectivity index (χ1) is 11.4. The number of benzene rings is 1. The number of amidine groups is 1. The van der Waals surface area contributed by atoms with Gasteiger partial charge in [0.2, 0.25) is 5.91 Å². The Hall–Kier alpha value is -2.09. The first-order valence-electron chi connectivity index (χ1n) is 7.94. The SMILES string of the molecule is CC(=O)N1CCCC(COc2cccc3c2C(N)=NS(=O)(=O)C3)C1. The maximum atomic E-state index is 11.7. The molecule has 2 N–H and O–H groups in total. The molecule has 2 heterocycles. The number of likely N-dealkylation sites (tertiary alicyclic amines) is 1. The molecule has 3 rings (SSSR count). The Labute approximate surface area is 141 Å². The summed E-state index contributed by atoms with van der Waals surface area (Å²) in [5, 5.41) is 0. The van der Waals surface area contributed by atoms with Gasteiger partial charge in [-0.25, -0.2) is 8.42 Å². The van der Waals surface area contributed by atoms with Crippen LogP contribution in [0.1, 0.15) is 30.9 Å². The summed E-state index contributed by atoms with van der Waals surface area (Å²) in [5.41, 5.74) is 7.00. The summed E-state index contributed by atoms with van der Waals surface area (Å²) in [6, 6.07) is 5.25. The van der Waals surface area contributed by atoms with Crippen LogP contribution in [0.4, 0.5) is 0 Å². The third-order valence-corrected chi connectivity index (χ3v) is 5.53. The predicted molar refractivity (Wildman–Crippen MR) is 90.3 cm³/mol. The summed E-state index contributed by atoms with van der Waals surface area (Å²) in [5.74, 6) is 0.689. The zero-order valence-corrected chi connectivity index (χ0v) is 14.4. The number of rotatable bonds is 3. The highest BCUT2D eigenvalue weighted by Crippen LogP contribution is 2.29. The average molecular weight is 351 g/mol. The van der Waals surface area contributed by atoms with Crippen molar-refractivity contribution in [2.24, 2.45) is 16.0 Å². The first kappa shape index (κ1) is 16.8. The van der Waals surface area contributed by atoms with Crippen molar-refractivity contribution in [1.29, 1.82) is 0 Å². The van der Waals surface area contributed by atoms with Gasteiger partial charge >= 0.3 is 0 Å². The van der Waals surface area contributed by atoms with Crippen LogP contribution < -0.4 is 10.5 Å². The molecule has 1 atom stereocenters. The predicted octanol–water partition coefficient (Wildman–Crippen LogP) is 0.873. The zero-order valence-electron chi connectivity index (χ0n) is 13.6. The molecule has 130 valence electrons. The van der Waals surface area contributed by atoms with Crippen molar-refractivity contribution in [3.05, 3.63) is 29.3 Å². The van der Waals surface area contributed by atoms with Gasteiger partial charge in [-0.15, -0.1) is 4.40 Å². The lowest BCUT2D eigenvalue weighted by Crippen LogP contribution is -2.40. The fourth-order valence-corrected chi connectivity index (χ4v) is 4.32. The van der Waals surface area contributed by atoms with Crippen LogP contribution in [0.2, 0.25) is 0 Å². The molecule has 0 aromatic heterocycles. The van der Waals surface area contributed by atoms with Gasteiger partial charge in [0.15, 0.2) is 0 Å². The number of nitrogens with two attached hydrogens (primary N) is 1. The van der Waals surface area contributed by atoms with Crippen molar-refractivity contribution in [3.8, 4) is 5.75 Å². The van der Waals surface area contributed by atoms with Crippen LogP contribution in [0.15, 0.2) is 22.6 Å². The molecule has 1 unspecified atom stereocenters. The monoisotopic (exact) mass is 351 g/mol. The molecule has 0 radical (unpaired) electrons. The summed E-state index contributed by atoms with van der Waals surface area (Å²) in [6.45, 7) is 3.51. The second-order valence-electron chi connectivity index (χ2n) is 6.28. The molecule has 1 aromatic rings. The van der Waals surface area contributed by atoms with Crippen LogP contribution in [-0.4, -0.2) is 44.8 Å². The molecule has 1 fully saturated rings. The van der Waals surface area contributed by atoms with Crippen molar-refractivity contribution < 1.29 is 17.9 Å². The Morgan fingerprint density at radius 2 is 2.25 bits per heavy atom. The van der Waals surface area contributed by atoms with Gasteiger partial charge in [0.1, 0.15) is 11.6 Å². The number of hydrogen-bond donors (Lipinski definition) is 1. The molecule has 2 aliphatic heterocycles. The quantitative estimate of drug-likeness (QED) is 0.871. The lowest BCUT2D eigenvalue weighted by Gasteiger charge is -2.32. The normalized spacial score (nSPS) is 22.5. The van der Waals surface area contributed by atoms with E-state index >= 15 is 0 Å². The third-order valence-electron chi connectivity index (χ3n) is 4.38.